The number of rotatable bonds is 7. The largest absolute Gasteiger partial charge is 0.478 e. The van der Waals surface area contributed by atoms with Gasteiger partial charge in [0.2, 0.25) is 0 Å². The minimum atomic E-state index is -0.860. The highest BCUT2D eigenvalue weighted by molar-refractivity contribution is 6.36. The van der Waals surface area contributed by atoms with Crippen molar-refractivity contribution in [2.45, 2.75) is 6.42 Å². The van der Waals surface area contributed by atoms with Crippen LogP contribution in [0.3, 0.4) is 0 Å². The Kier molecular flexibility index (Phi) is 8.99. The molecule has 0 spiro atoms. The molecule has 0 saturated carbocycles. The highest BCUT2D eigenvalue weighted by Crippen LogP contribution is 2.31. The van der Waals surface area contributed by atoms with Gasteiger partial charge >= 0.3 is 5.97 Å². The second kappa shape index (κ2) is 11.2. The Balaban J connectivity index is 0.00000300. The van der Waals surface area contributed by atoms with E-state index in [1.165, 1.54) is 0 Å². The van der Waals surface area contributed by atoms with Crippen LogP contribution in [0.4, 0.5) is 0 Å². The molecular formula is C21H21Cl3N2O3. The van der Waals surface area contributed by atoms with Crippen LogP contribution in [0.5, 0.6) is 0 Å². The third-order valence-corrected chi connectivity index (χ3v) is 5.00. The van der Waals surface area contributed by atoms with E-state index in [4.69, 9.17) is 33.1 Å². The molecule has 2 aromatic carbocycles. The van der Waals surface area contributed by atoms with Gasteiger partial charge in [0, 0.05) is 46.4 Å². The third kappa shape index (κ3) is 6.47. The van der Waals surface area contributed by atoms with Crippen LogP contribution in [-0.2, 0) is 9.63 Å². The predicted molar refractivity (Wildman–Crippen MR) is 119 cm³/mol. The highest BCUT2D eigenvalue weighted by Gasteiger charge is 2.16. The molecule has 1 aliphatic heterocycles. The molecule has 2 aromatic rings. The van der Waals surface area contributed by atoms with Crippen LogP contribution >= 0.6 is 35.6 Å². The Morgan fingerprint density at radius 3 is 2.76 bits per heavy atom. The number of hydrogen-bond donors (Lipinski definition) is 1. The summed E-state index contributed by atoms with van der Waals surface area (Å²) in [6.07, 6.45) is 4.16. The predicted octanol–water partition coefficient (Wildman–Crippen LogP) is 5.15. The average molecular weight is 456 g/mol. The zero-order valence-corrected chi connectivity index (χ0v) is 17.9. The second-order valence-corrected chi connectivity index (χ2v) is 7.22. The van der Waals surface area contributed by atoms with Crippen LogP contribution in [0.25, 0.3) is 11.1 Å². The molecule has 0 radical (unpaired) electrons. The topological polar surface area (TPSA) is 62.1 Å². The molecule has 1 N–H and O–H groups in total. The van der Waals surface area contributed by atoms with Crippen LogP contribution in [0.1, 0.15) is 12.0 Å². The summed E-state index contributed by atoms with van der Waals surface area (Å²) in [5.41, 5.74) is 3.11. The van der Waals surface area contributed by atoms with E-state index < -0.39 is 5.97 Å². The highest BCUT2D eigenvalue weighted by atomic mass is 35.5. The molecule has 1 heterocycles. The summed E-state index contributed by atoms with van der Waals surface area (Å²) in [6.45, 7) is 2.25. The van der Waals surface area contributed by atoms with Gasteiger partial charge in [-0.15, -0.1) is 12.4 Å². The number of carboxylic acid groups (broad SMARTS) is 1. The van der Waals surface area contributed by atoms with Crippen molar-refractivity contribution >= 4 is 47.8 Å². The van der Waals surface area contributed by atoms with Crippen molar-refractivity contribution in [1.82, 2.24) is 4.90 Å². The maximum Gasteiger partial charge on any atom is 0.332 e. The number of halogens is 3. The molecule has 0 aromatic heterocycles. The number of carbonyl (C=O) groups is 1. The van der Waals surface area contributed by atoms with Gasteiger partial charge in [-0.3, -0.25) is 4.90 Å². The fourth-order valence-electron chi connectivity index (χ4n) is 3.03. The van der Waals surface area contributed by atoms with Crippen LogP contribution in [0.2, 0.25) is 10.0 Å². The molecule has 3 rings (SSSR count). The van der Waals surface area contributed by atoms with Crippen molar-refractivity contribution in [2.75, 3.05) is 26.2 Å². The van der Waals surface area contributed by atoms with Gasteiger partial charge < -0.3 is 9.94 Å². The van der Waals surface area contributed by atoms with E-state index in [1.54, 1.807) is 24.4 Å². The summed E-state index contributed by atoms with van der Waals surface area (Å²) in [6, 6.07) is 13.1. The first-order valence-electron chi connectivity index (χ1n) is 8.89. The molecule has 0 unspecified atom stereocenters. The molecule has 0 saturated heterocycles. The number of hydrogen-bond acceptors (Lipinski definition) is 4. The second-order valence-electron chi connectivity index (χ2n) is 6.38. The van der Waals surface area contributed by atoms with E-state index in [0.717, 1.165) is 29.7 Å². The van der Waals surface area contributed by atoms with Crippen molar-refractivity contribution < 1.29 is 14.7 Å². The number of nitrogens with zero attached hydrogens (tertiary/aromatic N) is 2. The Hall–Kier alpha value is -2.05. The number of oxime groups is 1. The lowest BCUT2D eigenvalue weighted by Gasteiger charge is -2.24. The van der Waals surface area contributed by atoms with Gasteiger partial charge in [0.1, 0.15) is 6.61 Å². The minimum absolute atomic E-state index is 0. The van der Waals surface area contributed by atoms with Crippen LogP contribution in [-0.4, -0.2) is 48.4 Å². The summed E-state index contributed by atoms with van der Waals surface area (Å²) in [5, 5.41) is 14.3. The van der Waals surface area contributed by atoms with Crippen LogP contribution in [0.15, 0.2) is 59.3 Å². The zero-order chi connectivity index (χ0) is 19.9. The summed E-state index contributed by atoms with van der Waals surface area (Å²) in [5.74, 6) is -0.860. The maximum atomic E-state index is 11.1. The smallest absolute Gasteiger partial charge is 0.332 e. The first kappa shape index (κ1) is 23.2. The molecule has 8 heteroatoms. The lowest BCUT2D eigenvalue weighted by atomic mass is 10.0. The number of aliphatic carboxylic acids is 1. The average Bonchev–Trinajstić information content (AvgIpc) is 2.68. The van der Waals surface area contributed by atoms with Crippen molar-refractivity contribution in [3.63, 3.8) is 0 Å². The maximum absolute atomic E-state index is 11.1. The molecule has 0 atom stereocenters. The normalized spacial score (nSPS) is 14.3. The van der Waals surface area contributed by atoms with Crippen LogP contribution < -0.4 is 0 Å². The number of carboxylic acids is 1. The molecule has 1 aliphatic rings. The molecule has 29 heavy (non-hydrogen) atoms. The monoisotopic (exact) mass is 454 g/mol. The summed E-state index contributed by atoms with van der Waals surface area (Å²) >= 11 is 12.3. The third-order valence-electron chi connectivity index (χ3n) is 4.45. The number of benzene rings is 2. The fourth-order valence-corrected chi connectivity index (χ4v) is 3.54. The van der Waals surface area contributed by atoms with E-state index in [9.17, 15) is 4.79 Å². The van der Waals surface area contributed by atoms with E-state index in [0.29, 0.717) is 35.3 Å². The molecule has 0 aliphatic carbocycles. The van der Waals surface area contributed by atoms with E-state index in [-0.39, 0.29) is 12.4 Å². The first-order valence-corrected chi connectivity index (χ1v) is 9.64. The van der Waals surface area contributed by atoms with Gasteiger partial charge in [0.25, 0.3) is 0 Å². The molecule has 0 amide bonds. The van der Waals surface area contributed by atoms with Gasteiger partial charge in [-0.25, -0.2) is 4.79 Å². The van der Waals surface area contributed by atoms with Gasteiger partial charge in [0.05, 0.1) is 6.21 Å². The Labute approximate surface area is 186 Å². The quantitative estimate of drug-likeness (QED) is 0.356. The van der Waals surface area contributed by atoms with Gasteiger partial charge in [-0.2, -0.15) is 0 Å². The van der Waals surface area contributed by atoms with Crippen molar-refractivity contribution in [2.24, 2.45) is 5.16 Å². The van der Waals surface area contributed by atoms with Gasteiger partial charge in [-0.1, -0.05) is 64.8 Å². The van der Waals surface area contributed by atoms with E-state index in [2.05, 4.69) is 5.16 Å². The van der Waals surface area contributed by atoms with Crippen molar-refractivity contribution in [3.05, 3.63) is 69.7 Å². The summed E-state index contributed by atoms with van der Waals surface area (Å²) < 4.78 is 0. The first-order chi connectivity index (χ1) is 13.5. The molecule has 154 valence electrons. The standard InChI is InChI=1S/C21H20Cl2N2O3.ClH/c22-17-7-8-19(20(23)12-17)18-6-2-1-4-15(18)13-24-28-11-10-25-9-3-5-16(14-25)21(26)27;/h1-2,4-8,12-13H,3,9-11,14H2,(H,26,27);1H/b24-13+;. The molecule has 0 fully saturated rings. The fraction of sp³-hybridized carbons (Fsp3) is 0.238. The lowest BCUT2D eigenvalue weighted by Crippen LogP contribution is -2.34. The van der Waals surface area contributed by atoms with Crippen LogP contribution in [0, 0.1) is 0 Å². The summed E-state index contributed by atoms with van der Waals surface area (Å²) in [4.78, 5) is 18.5. The Morgan fingerprint density at radius 2 is 2.00 bits per heavy atom. The molecule has 0 bridgehead atoms. The van der Waals surface area contributed by atoms with Crippen molar-refractivity contribution in [1.29, 1.82) is 0 Å². The summed E-state index contributed by atoms with van der Waals surface area (Å²) in [7, 11) is 0. The molecule has 5 nitrogen and oxygen atoms in total. The van der Waals surface area contributed by atoms with Crippen molar-refractivity contribution in [3.8, 4) is 11.1 Å². The van der Waals surface area contributed by atoms with Gasteiger partial charge in [-0.05, 0) is 24.1 Å². The van der Waals surface area contributed by atoms with E-state index >= 15 is 0 Å². The lowest BCUT2D eigenvalue weighted by molar-refractivity contribution is -0.133. The Bertz CT molecular complexity index is 916. The van der Waals surface area contributed by atoms with Gasteiger partial charge in [0.15, 0.2) is 0 Å². The SMILES string of the molecule is Cl.O=C(O)C1=CCCN(CCO/N=C/c2ccccc2-c2ccc(Cl)cc2Cl)C1. The Morgan fingerprint density at radius 1 is 1.21 bits per heavy atom. The molecular weight excluding hydrogens is 435 g/mol. The van der Waals surface area contributed by atoms with E-state index in [1.807, 2.05) is 35.2 Å². The minimum Gasteiger partial charge on any atom is -0.478 e. The zero-order valence-electron chi connectivity index (χ0n) is 15.6.